The van der Waals surface area contributed by atoms with Crippen molar-refractivity contribution in [2.24, 2.45) is 0 Å². The van der Waals surface area contributed by atoms with Gasteiger partial charge in [0.1, 0.15) is 48.8 Å². The van der Waals surface area contributed by atoms with Crippen LogP contribution in [0.5, 0.6) is 0 Å². The predicted molar refractivity (Wildman–Crippen MR) is 318 cm³/mol. The number of carbonyl (C=O) groups is 1. The van der Waals surface area contributed by atoms with E-state index in [1.165, 1.54) is 89.9 Å². The number of carbonyl (C=O) groups excluding carboxylic acids is 1. The van der Waals surface area contributed by atoms with Crippen molar-refractivity contribution in [2.45, 2.75) is 286 Å². The number of aliphatic hydroxyl groups is 8. The van der Waals surface area contributed by atoms with E-state index in [1.807, 2.05) is 0 Å². The van der Waals surface area contributed by atoms with Gasteiger partial charge in [0.25, 0.3) is 0 Å². The normalized spacial score (nSPS) is 25.1. The standard InChI is InChI=1S/C65H111NO13/c1-3-5-7-9-11-13-15-17-19-21-23-24-25-26-27-28-29-30-31-33-35-37-39-41-43-45-47-49-57(70)66-53(54(69)48-46-44-42-40-38-36-34-32-22-20-18-16-14-12-10-8-6-4-2)52-76-64-62(75)60(73)63(56(51-68)78-64)79-65-61(74)59(72)58(71)55(50-67)77-65/h5,7,11,13,17,19,23-24,26-27,29-30,33,35,39,41,53-56,58-65,67-69,71-75H,3-4,6,8-10,12,14-16,18,20-22,25,28,31-32,34,36-38,40,42-52H2,1-2H3,(H,66,70)/b7-5-,13-11-,19-17-,24-23-,27-26-,30-29-,35-33-,41-39-. The van der Waals surface area contributed by atoms with Crippen LogP contribution >= 0.6 is 0 Å². The summed E-state index contributed by atoms with van der Waals surface area (Å²) in [6.45, 7) is 2.72. The highest BCUT2D eigenvalue weighted by Crippen LogP contribution is 2.30. The van der Waals surface area contributed by atoms with E-state index in [0.29, 0.717) is 12.8 Å². The third-order valence-electron chi connectivity index (χ3n) is 14.6. The highest BCUT2D eigenvalue weighted by Gasteiger charge is 2.51. The molecule has 14 nitrogen and oxygen atoms in total. The third kappa shape index (κ3) is 34.8. The minimum Gasteiger partial charge on any atom is -0.394 e. The first-order valence-corrected chi connectivity index (χ1v) is 31.0. The van der Waals surface area contributed by atoms with Crippen LogP contribution < -0.4 is 5.32 Å². The lowest BCUT2D eigenvalue weighted by atomic mass is 9.97. The van der Waals surface area contributed by atoms with E-state index in [2.05, 4.69) is 116 Å². The number of hydrogen-bond acceptors (Lipinski definition) is 13. The summed E-state index contributed by atoms with van der Waals surface area (Å²) in [4.78, 5) is 13.3. The highest BCUT2D eigenvalue weighted by atomic mass is 16.7. The van der Waals surface area contributed by atoms with Crippen LogP contribution in [0.3, 0.4) is 0 Å². The molecule has 2 fully saturated rings. The number of nitrogens with one attached hydrogen (secondary N) is 1. The molecule has 2 aliphatic heterocycles. The Labute approximate surface area is 477 Å². The lowest BCUT2D eigenvalue weighted by molar-refractivity contribution is -0.359. The van der Waals surface area contributed by atoms with E-state index in [4.69, 9.17) is 18.9 Å². The molecule has 1 amide bonds. The molecule has 0 aliphatic carbocycles. The lowest BCUT2D eigenvalue weighted by Crippen LogP contribution is -2.65. The number of ether oxygens (including phenoxy) is 4. The monoisotopic (exact) mass is 1110 g/mol. The summed E-state index contributed by atoms with van der Waals surface area (Å²) in [5.41, 5.74) is 0. The minimum atomic E-state index is -1.79. The Morgan fingerprint density at radius 3 is 1.32 bits per heavy atom. The first kappa shape index (κ1) is 72.0. The van der Waals surface area contributed by atoms with E-state index in [-0.39, 0.29) is 18.9 Å². The Morgan fingerprint density at radius 1 is 0.468 bits per heavy atom. The third-order valence-corrected chi connectivity index (χ3v) is 14.6. The van der Waals surface area contributed by atoms with Crippen molar-refractivity contribution >= 4 is 5.91 Å². The topological polar surface area (TPSA) is 228 Å². The Bertz CT molecular complexity index is 1690. The molecule has 12 unspecified atom stereocenters. The second-order valence-electron chi connectivity index (χ2n) is 21.5. The van der Waals surface area contributed by atoms with Crippen molar-refractivity contribution in [3.8, 4) is 0 Å². The highest BCUT2D eigenvalue weighted by molar-refractivity contribution is 5.76. The maximum atomic E-state index is 13.3. The molecule has 0 bridgehead atoms. The molecule has 9 N–H and O–H groups in total. The van der Waals surface area contributed by atoms with Crippen LogP contribution in [0.1, 0.15) is 213 Å². The molecule has 12 atom stereocenters. The fraction of sp³-hybridized carbons (Fsp3) is 0.738. The first-order chi connectivity index (χ1) is 38.6. The van der Waals surface area contributed by atoms with E-state index in [1.54, 1.807) is 0 Å². The summed E-state index contributed by atoms with van der Waals surface area (Å²) < 4.78 is 22.8. The van der Waals surface area contributed by atoms with Crippen LogP contribution in [-0.2, 0) is 23.7 Å². The molecule has 2 rings (SSSR count). The average Bonchev–Trinajstić information content (AvgIpc) is 3.46. The van der Waals surface area contributed by atoms with Crippen LogP contribution in [0.2, 0.25) is 0 Å². The number of hydrogen-bond donors (Lipinski definition) is 9. The first-order valence-electron chi connectivity index (χ1n) is 31.0. The lowest BCUT2D eigenvalue weighted by Gasteiger charge is -2.46. The zero-order valence-corrected chi connectivity index (χ0v) is 48.8. The summed E-state index contributed by atoms with van der Waals surface area (Å²) in [5, 5.41) is 87.3. The maximum absolute atomic E-state index is 13.3. The molecule has 2 aliphatic rings. The van der Waals surface area contributed by atoms with Crippen molar-refractivity contribution in [1.82, 2.24) is 5.32 Å². The molecule has 2 saturated heterocycles. The van der Waals surface area contributed by atoms with Gasteiger partial charge >= 0.3 is 0 Å². The Hall–Kier alpha value is -3.09. The van der Waals surface area contributed by atoms with Crippen LogP contribution in [-0.4, -0.2) is 140 Å². The summed E-state index contributed by atoms with van der Waals surface area (Å²) in [6, 6.07) is -0.860. The van der Waals surface area contributed by atoms with Crippen LogP contribution in [0.4, 0.5) is 0 Å². The van der Waals surface area contributed by atoms with Gasteiger partial charge in [0, 0.05) is 6.42 Å². The Kier molecular flexibility index (Phi) is 45.1. The van der Waals surface area contributed by atoms with Gasteiger partial charge in [-0.1, -0.05) is 227 Å². The molecule has 2 heterocycles. The largest absolute Gasteiger partial charge is 0.394 e. The summed E-state index contributed by atoms with van der Waals surface area (Å²) >= 11 is 0. The van der Waals surface area contributed by atoms with Crippen molar-refractivity contribution in [1.29, 1.82) is 0 Å². The summed E-state index contributed by atoms with van der Waals surface area (Å²) in [5.74, 6) is -0.252. The van der Waals surface area contributed by atoms with Gasteiger partial charge in [-0.3, -0.25) is 4.79 Å². The van der Waals surface area contributed by atoms with Crippen molar-refractivity contribution in [3.05, 3.63) is 97.2 Å². The van der Waals surface area contributed by atoms with Crippen molar-refractivity contribution in [3.63, 3.8) is 0 Å². The molecule has 0 aromatic heterocycles. The maximum Gasteiger partial charge on any atom is 0.220 e. The molecule has 14 heteroatoms. The molecular weight excluding hydrogens is 1000 g/mol. The van der Waals surface area contributed by atoms with Gasteiger partial charge < -0.3 is 65.1 Å². The zero-order valence-electron chi connectivity index (χ0n) is 48.8. The van der Waals surface area contributed by atoms with Crippen molar-refractivity contribution < 1.29 is 64.6 Å². The molecule has 0 radical (unpaired) electrons. The van der Waals surface area contributed by atoms with Gasteiger partial charge in [0.15, 0.2) is 12.6 Å². The molecule has 0 aromatic carbocycles. The van der Waals surface area contributed by atoms with Gasteiger partial charge in [0.05, 0.1) is 32.0 Å². The van der Waals surface area contributed by atoms with Gasteiger partial charge in [-0.25, -0.2) is 0 Å². The van der Waals surface area contributed by atoms with Crippen LogP contribution in [0, 0.1) is 0 Å². The number of amides is 1. The van der Waals surface area contributed by atoms with E-state index < -0.39 is 86.8 Å². The smallest absolute Gasteiger partial charge is 0.220 e. The predicted octanol–water partition coefficient (Wildman–Crippen LogP) is 11.1. The average molecular weight is 1110 g/mol. The van der Waals surface area contributed by atoms with Gasteiger partial charge in [-0.15, -0.1) is 0 Å². The van der Waals surface area contributed by atoms with Gasteiger partial charge in [0.2, 0.25) is 5.91 Å². The van der Waals surface area contributed by atoms with Crippen LogP contribution in [0.15, 0.2) is 97.2 Å². The zero-order chi connectivity index (χ0) is 57.4. The summed E-state index contributed by atoms with van der Waals surface area (Å²) in [7, 11) is 0. The molecular formula is C65H111NO13. The fourth-order valence-electron chi connectivity index (χ4n) is 9.61. The quantitative estimate of drug-likeness (QED) is 0.0204. The minimum absolute atomic E-state index is 0.243. The molecule has 0 aromatic rings. The van der Waals surface area contributed by atoms with E-state index in [9.17, 15) is 45.6 Å². The molecule has 79 heavy (non-hydrogen) atoms. The van der Waals surface area contributed by atoms with Crippen LogP contribution in [0.25, 0.3) is 0 Å². The number of unbranched alkanes of at least 4 members (excludes halogenated alkanes) is 19. The fourth-order valence-corrected chi connectivity index (χ4v) is 9.61. The molecule has 454 valence electrons. The Balaban J connectivity index is 1.77. The number of rotatable bonds is 48. The Morgan fingerprint density at radius 2 is 0.873 bits per heavy atom. The number of aliphatic hydroxyl groups excluding tert-OH is 8. The van der Waals surface area contributed by atoms with Crippen molar-refractivity contribution in [2.75, 3.05) is 19.8 Å². The van der Waals surface area contributed by atoms with E-state index in [0.717, 1.165) is 89.9 Å². The van der Waals surface area contributed by atoms with Gasteiger partial charge in [-0.05, 0) is 77.0 Å². The van der Waals surface area contributed by atoms with E-state index >= 15 is 0 Å². The second-order valence-corrected chi connectivity index (χ2v) is 21.5. The number of allylic oxidation sites excluding steroid dienone is 16. The second kappa shape index (κ2) is 49.5. The molecule has 0 spiro atoms. The SMILES string of the molecule is CC/C=C\C/C=C\C/C=C\C/C=C\C/C=C\C/C=C\C/C=C\C/C=C\CCCCC(=O)NC(COC1OC(CO)C(OC2OC(CO)C(O)C(O)C2O)C(O)C1O)C(O)CCCCCCCCCCCCCCCCCCCC. The summed E-state index contributed by atoms with van der Waals surface area (Å²) in [6.07, 6.45) is 51.1. The molecule has 0 saturated carbocycles. The van der Waals surface area contributed by atoms with Gasteiger partial charge in [-0.2, -0.15) is 0 Å².